The van der Waals surface area contributed by atoms with Crippen LogP contribution >= 0.6 is 0 Å². The van der Waals surface area contributed by atoms with Crippen molar-refractivity contribution in [2.24, 2.45) is 0 Å². The number of rotatable bonds is 9. The molecule has 0 unspecified atom stereocenters. The van der Waals surface area contributed by atoms with Gasteiger partial charge in [0.25, 0.3) is 0 Å². The van der Waals surface area contributed by atoms with Crippen LogP contribution in [0, 0.1) is 0 Å². The third-order valence-electron chi connectivity index (χ3n) is 13.7. The predicted molar refractivity (Wildman–Crippen MR) is 298 cm³/mol. The van der Waals surface area contributed by atoms with Crippen LogP contribution in [0.3, 0.4) is 0 Å². The molecule has 1 aliphatic rings. The Hall–Kier alpha value is -9.65. The number of hydrogen-bond donors (Lipinski definition) is 0. The molecule has 0 spiro atoms. The molecule has 0 bridgehead atoms. The number of hydrogen-bond acceptors (Lipinski definition) is 4. The van der Waals surface area contributed by atoms with Gasteiger partial charge in [-0.15, -0.1) is 0 Å². The summed E-state index contributed by atoms with van der Waals surface area (Å²) in [6.45, 7) is 0.166. The molecule has 10 aromatic carbocycles. The summed E-state index contributed by atoms with van der Waals surface area (Å²) in [5, 5.41) is 4.46. The number of nitrogens with zero attached hydrogens (tertiary/aromatic N) is 5. The molecule has 1 aliphatic heterocycles. The van der Waals surface area contributed by atoms with E-state index in [2.05, 4.69) is 105 Å². The van der Waals surface area contributed by atoms with E-state index in [4.69, 9.17) is 22.1 Å². The molecule has 72 heavy (non-hydrogen) atoms. The monoisotopic (exact) mass is 932 g/mol. The minimum atomic E-state index is -0.525. The van der Waals surface area contributed by atoms with Gasteiger partial charge in [0, 0.05) is 62.4 Å². The van der Waals surface area contributed by atoms with Crippen molar-refractivity contribution in [2.45, 2.75) is 0 Å². The van der Waals surface area contributed by atoms with E-state index in [1.807, 2.05) is 89.8 Å². The molecule has 0 radical (unpaired) electrons. The zero-order valence-corrected chi connectivity index (χ0v) is 38.5. The standard InChI is InChI=1S/C66H45N5O/c1-4-18-45(19-5-1)53-27-17-28-54(46-20-6-2-7-21-46)66(53)69-44-68(62-30-12-13-31-63(62)69)50-24-16-25-51(42-50)72-52-35-36-56-58-41-48(34-38-61(58)71(64(56)43-52)65-32-14-15-39-67-65)47-33-37-60-57(40-47)55-26-10-11-29-59(55)70(60)49-22-8-3-9-23-49/h1-43H,44H2/i1D,2D,4D,5D,6D,7D,18D,19D,20D. The number of fused-ring (bicyclic) bond motifs is 7. The van der Waals surface area contributed by atoms with Gasteiger partial charge in [0.05, 0.1) is 51.5 Å². The number of pyridine rings is 1. The van der Waals surface area contributed by atoms with Gasteiger partial charge in [0.1, 0.15) is 24.0 Å². The highest BCUT2D eigenvalue weighted by atomic mass is 16.5. The van der Waals surface area contributed by atoms with Gasteiger partial charge >= 0.3 is 0 Å². The van der Waals surface area contributed by atoms with Gasteiger partial charge in [0.2, 0.25) is 0 Å². The molecule has 340 valence electrons. The minimum absolute atomic E-state index is 0.0361. The Morgan fingerprint density at radius 1 is 0.389 bits per heavy atom. The molecule has 0 fully saturated rings. The first-order valence-corrected chi connectivity index (χ1v) is 23.7. The van der Waals surface area contributed by atoms with Crippen LogP contribution in [0.5, 0.6) is 11.5 Å². The highest BCUT2D eigenvalue weighted by Gasteiger charge is 2.31. The van der Waals surface area contributed by atoms with Crippen LogP contribution in [0.25, 0.3) is 88.5 Å². The first-order valence-electron chi connectivity index (χ1n) is 28.2. The fourth-order valence-corrected chi connectivity index (χ4v) is 10.5. The minimum Gasteiger partial charge on any atom is -0.457 e. The fourth-order valence-electron chi connectivity index (χ4n) is 10.5. The van der Waals surface area contributed by atoms with Crippen LogP contribution in [0.2, 0.25) is 0 Å². The lowest BCUT2D eigenvalue weighted by atomic mass is 9.95. The number of ether oxygens (including phenoxy) is 1. The van der Waals surface area contributed by atoms with Gasteiger partial charge in [0.15, 0.2) is 0 Å². The van der Waals surface area contributed by atoms with E-state index in [0.717, 1.165) is 72.5 Å². The molecule has 0 saturated heterocycles. The Labute approximate surface area is 429 Å². The molecule has 3 aromatic heterocycles. The molecule has 6 nitrogen and oxygen atoms in total. The smallest absolute Gasteiger partial charge is 0.137 e. The van der Waals surface area contributed by atoms with Crippen molar-refractivity contribution in [3.63, 3.8) is 0 Å². The summed E-state index contributed by atoms with van der Waals surface area (Å²) in [6.07, 6.45) is 1.80. The summed E-state index contributed by atoms with van der Waals surface area (Å²) >= 11 is 0. The summed E-state index contributed by atoms with van der Waals surface area (Å²) in [4.78, 5) is 8.88. The maximum Gasteiger partial charge on any atom is 0.137 e. The van der Waals surface area contributed by atoms with E-state index in [1.54, 1.807) is 24.4 Å². The third-order valence-corrected chi connectivity index (χ3v) is 13.7. The van der Waals surface area contributed by atoms with E-state index in [9.17, 15) is 0 Å². The highest BCUT2D eigenvalue weighted by molar-refractivity contribution is 6.13. The lowest BCUT2D eigenvalue weighted by Gasteiger charge is -2.27. The molecule has 13 aromatic rings. The van der Waals surface area contributed by atoms with Gasteiger partial charge < -0.3 is 19.1 Å². The van der Waals surface area contributed by atoms with Crippen molar-refractivity contribution in [3.8, 4) is 56.4 Å². The van der Waals surface area contributed by atoms with E-state index < -0.39 is 36.3 Å². The van der Waals surface area contributed by atoms with Gasteiger partial charge in [-0.3, -0.25) is 4.57 Å². The van der Waals surface area contributed by atoms with Crippen LogP contribution in [0.4, 0.5) is 22.7 Å². The van der Waals surface area contributed by atoms with Gasteiger partial charge in [-0.05, 0) is 113 Å². The number of benzene rings is 10. The quantitative estimate of drug-likeness (QED) is 0.145. The summed E-state index contributed by atoms with van der Waals surface area (Å²) in [5.41, 5.74) is 11.0. The van der Waals surface area contributed by atoms with Crippen LogP contribution in [-0.4, -0.2) is 20.8 Å². The molecular formula is C66H45N5O. The van der Waals surface area contributed by atoms with Crippen molar-refractivity contribution < 1.29 is 17.1 Å². The van der Waals surface area contributed by atoms with E-state index in [1.165, 1.54) is 16.8 Å². The Balaban J connectivity index is 0.847. The number of aromatic nitrogens is 3. The Morgan fingerprint density at radius 3 is 1.81 bits per heavy atom. The van der Waals surface area contributed by atoms with Gasteiger partial charge in [-0.2, -0.15) is 0 Å². The molecule has 0 aliphatic carbocycles. The van der Waals surface area contributed by atoms with Crippen LogP contribution < -0.4 is 14.5 Å². The van der Waals surface area contributed by atoms with Crippen LogP contribution in [-0.2, 0) is 0 Å². The summed E-state index contributed by atoms with van der Waals surface area (Å²) in [5.74, 6) is 1.93. The topological polar surface area (TPSA) is 38.5 Å². The van der Waals surface area contributed by atoms with Crippen molar-refractivity contribution in [2.75, 3.05) is 16.5 Å². The summed E-state index contributed by atoms with van der Waals surface area (Å²) < 4.78 is 89.7. The normalized spacial score (nSPS) is 14.1. The highest BCUT2D eigenvalue weighted by Crippen LogP contribution is 2.50. The van der Waals surface area contributed by atoms with Crippen LogP contribution in [0.1, 0.15) is 12.3 Å². The molecule has 0 saturated carbocycles. The zero-order chi connectivity index (χ0) is 55.4. The SMILES string of the molecule is [2H]c1cc(-c2cccc(-c3c([2H])c([2H])c([2H])c([2H])c3[2H])c2N2CN(c3cccc(Oc4ccc5c6cc(-c7ccc8c(c7)c7ccccc7n8-c7ccccc7)ccc6n(-c6ccccn6)c5c4)c3)c3ccccc32)c([2H])c([2H])c1[2H]. The van der Waals surface area contributed by atoms with Gasteiger partial charge in [-0.1, -0.05) is 151 Å². The van der Waals surface area contributed by atoms with Crippen molar-refractivity contribution in [1.82, 2.24) is 14.1 Å². The lowest BCUT2D eigenvalue weighted by Crippen LogP contribution is -2.24. The van der Waals surface area contributed by atoms with E-state index in [-0.39, 0.29) is 35.9 Å². The second kappa shape index (κ2) is 17.1. The Bertz CT molecular complexity index is 4710. The Morgan fingerprint density at radius 2 is 1.01 bits per heavy atom. The first-order chi connectivity index (χ1) is 39.4. The predicted octanol–water partition coefficient (Wildman–Crippen LogP) is 17.3. The molecule has 14 rings (SSSR count). The average Bonchev–Trinajstić information content (AvgIpc) is 4.24. The van der Waals surface area contributed by atoms with Crippen LogP contribution in [0.15, 0.2) is 261 Å². The first kappa shape index (κ1) is 33.0. The second-order valence-corrected chi connectivity index (χ2v) is 17.7. The van der Waals surface area contributed by atoms with Crippen molar-refractivity contribution >= 4 is 66.4 Å². The molecule has 4 heterocycles. The fraction of sp³-hybridized carbons (Fsp3) is 0.0152. The molecular weight excluding hydrogens is 879 g/mol. The maximum absolute atomic E-state index is 9.08. The van der Waals surface area contributed by atoms with Gasteiger partial charge in [-0.25, -0.2) is 4.98 Å². The Kier molecular flexibility index (Phi) is 7.83. The largest absolute Gasteiger partial charge is 0.457 e. The lowest BCUT2D eigenvalue weighted by molar-refractivity contribution is 0.483. The summed E-state index contributed by atoms with van der Waals surface area (Å²) in [7, 11) is 0. The van der Waals surface area contributed by atoms with Crippen molar-refractivity contribution in [3.05, 3.63) is 261 Å². The third kappa shape index (κ3) is 6.91. The number of anilines is 4. The van der Waals surface area contributed by atoms with Crippen molar-refractivity contribution in [1.29, 1.82) is 0 Å². The van der Waals surface area contributed by atoms with E-state index in [0.29, 0.717) is 28.3 Å². The second-order valence-electron chi connectivity index (χ2n) is 17.7. The van der Waals surface area contributed by atoms with E-state index >= 15 is 0 Å². The molecule has 0 N–H and O–H groups in total. The molecule has 0 atom stereocenters. The maximum atomic E-state index is 9.08. The summed E-state index contributed by atoms with van der Waals surface area (Å²) in [6, 6.07) is 62.7. The number of para-hydroxylation sites is 5. The average molecular weight is 933 g/mol. The molecule has 6 heteroatoms. The molecule has 0 amide bonds. The zero-order valence-electron chi connectivity index (χ0n) is 47.5.